The second-order valence-corrected chi connectivity index (χ2v) is 14.2. The number of benzene rings is 4. The molecular weight excluding hydrogens is 665 g/mol. The summed E-state index contributed by atoms with van der Waals surface area (Å²) >= 11 is 0. The number of aromatic amines is 1. The summed E-state index contributed by atoms with van der Waals surface area (Å²) in [5.41, 5.74) is -3.46. The lowest BCUT2D eigenvalue weighted by Crippen LogP contribution is -2.25. The van der Waals surface area contributed by atoms with E-state index in [4.69, 9.17) is 0 Å². The summed E-state index contributed by atoms with van der Waals surface area (Å²) in [6.45, 7) is 0. The largest absolute Gasteiger partial charge is 0.354 e. The van der Waals surface area contributed by atoms with Gasteiger partial charge in [-0.25, -0.2) is 0 Å². The Kier molecular flexibility index (Phi) is 7.08. The number of pyridine rings is 1. The molecule has 0 aliphatic heterocycles. The molecule has 4 aromatic carbocycles. The zero-order valence-electron chi connectivity index (χ0n) is 22.7. The zero-order valence-corrected chi connectivity index (χ0v) is 25.2. The fraction of sp³-hybridized carbons (Fsp3) is 0. The third-order valence-electron chi connectivity index (χ3n) is 7.26. The lowest BCUT2D eigenvalue weighted by atomic mass is 9.80. The molecule has 1 aliphatic carbocycles. The molecule has 1 aliphatic rings. The van der Waals surface area contributed by atoms with E-state index in [2.05, 4.69) is 10.3 Å². The van der Waals surface area contributed by atoms with Gasteiger partial charge in [0.25, 0.3) is 35.9 Å². The van der Waals surface area contributed by atoms with Gasteiger partial charge in [-0.05, 0) is 29.8 Å². The molecule has 1 heterocycles. The average Bonchev–Trinajstić information content (AvgIpc) is 2.98. The molecule has 0 saturated carbocycles. The molecule has 0 unspecified atom stereocenters. The monoisotopic (exact) mass is 682 g/mol. The lowest BCUT2D eigenvalue weighted by Gasteiger charge is -2.25. The van der Waals surface area contributed by atoms with Gasteiger partial charge in [0.1, 0.15) is 9.79 Å². The van der Waals surface area contributed by atoms with Crippen molar-refractivity contribution in [3.63, 3.8) is 0 Å². The van der Waals surface area contributed by atoms with Crippen LogP contribution in [0.5, 0.6) is 0 Å². The highest BCUT2D eigenvalue weighted by atomic mass is 32.2. The molecule has 0 radical (unpaired) electrons. The van der Waals surface area contributed by atoms with Crippen LogP contribution in [-0.4, -0.2) is 55.5 Å². The molecule has 6 rings (SSSR count). The summed E-state index contributed by atoms with van der Waals surface area (Å²) in [6.07, 6.45) is 0. The maximum absolute atomic E-state index is 14.1. The zero-order chi connectivity index (χ0) is 33.3. The highest BCUT2D eigenvalue weighted by molar-refractivity contribution is 7.87. The van der Waals surface area contributed by atoms with Crippen LogP contribution in [0.1, 0.15) is 31.8 Å². The standard InChI is InChI=1S/C29H18N2O12S3/c32-27(14-6-2-1-3-7-14)25-22-16-8-4-5-9-17(16)28(33)23-19(13-21(46(41,42)43)26(24(22)23)31-29(25)34)30-18-11-10-15(44(35,36)37)12-20(18)45(38,39)40/h1-13,30H,(H,31,34)(H,35,36,37)(H,38,39,40)(H,41,42,43). The van der Waals surface area contributed by atoms with E-state index in [0.717, 1.165) is 18.2 Å². The minimum absolute atomic E-state index is 0.0246. The van der Waals surface area contributed by atoms with Gasteiger partial charge in [0.2, 0.25) is 0 Å². The Labute approximate surface area is 259 Å². The summed E-state index contributed by atoms with van der Waals surface area (Å²) in [7, 11) is -15.4. The maximum Gasteiger partial charge on any atom is 0.296 e. The van der Waals surface area contributed by atoms with E-state index < -0.39 is 84.6 Å². The number of aromatic nitrogens is 1. The van der Waals surface area contributed by atoms with Crippen LogP contribution >= 0.6 is 0 Å². The summed E-state index contributed by atoms with van der Waals surface area (Å²) in [5.74, 6) is -1.55. The van der Waals surface area contributed by atoms with E-state index >= 15 is 0 Å². The third-order valence-corrected chi connectivity index (χ3v) is 9.88. The number of ketones is 2. The number of anilines is 2. The van der Waals surface area contributed by atoms with Gasteiger partial charge in [0.05, 0.1) is 32.9 Å². The van der Waals surface area contributed by atoms with Crippen molar-refractivity contribution in [3.8, 4) is 11.1 Å². The average molecular weight is 683 g/mol. The molecule has 5 N–H and O–H groups in total. The molecule has 46 heavy (non-hydrogen) atoms. The Morgan fingerprint density at radius 3 is 1.87 bits per heavy atom. The number of fused-ring (bicyclic) bond motifs is 2. The Bertz CT molecular complexity index is 2580. The minimum atomic E-state index is -5.23. The molecule has 0 fully saturated rings. The van der Waals surface area contributed by atoms with Crippen LogP contribution in [-0.2, 0) is 30.4 Å². The van der Waals surface area contributed by atoms with Crippen LogP contribution in [0.3, 0.4) is 0 Å². The predicted molar refractivity (Wildman–Crippen MR) is 162 cm³/mol. The quantitative estimate of drug-likeness (QED) is 0.120. The van der Waals surface area contributed by atoms with Crippen LogP contribution in [0, 0.1) is 0 Å². The second kappa shape index (κ2) is 10.5. The molecule has 0 atom stereocenters. The van der Waals surface area contributed by atoms with Crippen molar-refractivity contribution in [3.05, 3.63) is 111 Å². The van der Waals surface area contributed by atoms with Crippen LogP contribution in [0.2, 0.25) is 0 Å². The van der Waals surface area contributed by atoms with Crippen LogP contribution < -0.4 is 10.9 Å². The molecule has 0 saturated heterocycles. The van der Waals surface area contributed by atoms with Crippen molar-refractivity contribution in [1.29, 1.82) is 0 Å². The SMILES string of the molecule is O=C(c1ccccc1)c1c2c3c(c(Nc4ccc(S(=O)(=O)O)cc4S(=O)(=O)O)cc(S(=O)(=O)O)c3[nH]c1=O)C(=O)c1ccccc1-2. The Hall–Kier alpha value is -5.04. The van der Waals surface area contributed by atoms with Gasteiger partial charge < -0.3 is 10.3 Å². The number of hydrogen-bond donors (Lipinski definition) is 5. The van der Waals surface area contributed by atoms with Gasteiger partial charge in [0, 0.05) is 22.1 Å². The number of rotatable bonds is 7. The molecule has 1 aromatic heterocycles. The van der Waals surface area contributed by atoms with Crippen molar-refractivity contribution in [2.24, 2.45) is 0 Å². The fourth-order valence-corrected chi connectivity index (χ4v) is 7.30. The van der Waals surface area contributed by atoms with Crippen molar-refractivity contribution in [1.82, 2.24) is 4.98 Å². The molecule has 0 amide bonds. The van der Waals surface area contributed by atoms with Gasteiger partial charge in [-0.3, -0.25) is 28.0 Å². The van der Waals surface area contributed by atoms with Gasteiger partial charge in [-0.2, -0.15) is 25.3 Å². The third kappa shape index (κ3) is 5.10. The van der Waals surface area contributed by atoms with Crippen LogP contribution in [0.25, 0.3) is 22.0 Å². The van der Waals surface area contributed by atoms with Gasteiger partial charge >= 0.3 is 0 Å². The normalized spacial score (nSPS) is 13.0. The van der Waals surface area contributed by atoms with Gasteiger partial charge in [0.15, 0.2) is 11.6 Å². The molecular formula is C29H18N2O12S3. The summed E-state index contributed by atoms with van der Waals surface area (Å²) < 4.78 is 103. The van der Waals surface area contributed by atoms with E-state index in [0.29, 0.717) is 6.07 Å². The van der Waals surface area contributed by atoms with E-state index in [1.807, 2.05) is 0 Å². The van der Waals surface area contributed by atoms with Gasteiger partial charge in [-0.1, -0.05) is 54.6 Å². The number of carbonyl (C=O) groups excluding carboxylic acids is 2. The Morgan fingerprint density at radius 1 is 0.652 bits per heavy atom. The van der Waals surface area contributed by atoms with Crippen molar-refractivity contribution in [2.45, 2.75) is 14.7 Å². The first-order valence-corrected chi connectivity index (χ1v) is 17.1. The minimum Gasteiger partial charge on any atom is -0.354 e. The van der Waals surface area contributed by atoms with E-state index in [1.165, 1.54) is 36.4 Å². The first-order chi connectivity index (χ1) is 21.5. The number of nitrogens with one attached hydrogen (secondary N) is 2. The predicted octanol–water partition coefficient (Wildman–Crippen LogP) is 3.45. The number of H-pyrrole nitrogens is 1. The Morgan fingerprint density at radius 2 is 1.26 bits per heavy atom. The summed E-state index contributed by atoms with van der Waals surface area (Å²) in [4.78, 5) is 40.8. The smallest absolute Gasteiger partial charge is 0.296 e. The van der Waals surface area contributed by atoms with Crippen molar-refractivity contribution >= 4 is 64.2 Å². The maximum atomic E-state index is 14.1. The van der Waals surface area contributed by atoms with E-state index in [1.54, 1.807) is 18.2 Å². The first-order valence-electron chi connectivity index (χ1n) is 12.8. The van der Waals surface area contributed by atoms with Gasteiger partial charge in [-0.15, -0.1) is 0 Å². The van der Waals surface area contributed by atoms with Crippen LogP contribution in [0.15, 0.2) is 98.3 Å². The molecule has 17 heteroatoms. The summed E-state index contributed by atoms with van der Waals surface area (Å²) in [5, 5.41) is 2.22. The topological polar surface area (TPSA) is 242 Å². The molecule has 14 nitrogen and oxygen atoms in total. The fourth-order valence-electron chi connectivity index (χ4n) is 5.36. The molecule has 234 valence electrons. The Balaban J connectivity index is 1.77. The highest BCUT2D eigenvalue weighted by Gasteiger charge is 2.36. The second-order valence-electron chi connectivity index (χ2n) is 10.0. The number of carbonyl (C=O) groups is 2. The van der Waals surface area contributed by atoms with E-state index in [-0.39, 0.29) is 33.2 Å². The lowest BCUT2D eigenvalue weighted by molar-refractivity contribution is 0.102. The molecule has 0 bridgehead atoms. The summed E-state index contributed by atoms with van der Waals surface area (Å²) in [6, 6.07) is 16.2. The van der Waals surface area contributed by atoms with Crippen LogP contribution in [0.4, 0.5) is 11.4 Å². The first kappa shape index (κ1) is 31.0. The number of hydrogen-bond acceptors (Lipinski definition) is 10. The van der Waals surface area contributed by atoms with E-state index in [9.17, 15) is 53.3 Å². The molecule has 5 aromatic rings. The molecule has 0 spiro atoms. The van der Waals surface area contributed by atoms with Crippen molar-refractivity contribution < 1.29 is 48.5 Å². The highest BCUT2D eigenvalue weighted by Crippen LogP contribution is 2.46. The van der Waals surface area contributed by atoms with Crippen molar-refractivity contribution in [2.75, 3.05) is 5.32 Å².